The third-order valence-corrected chi connectivity index (χ3v) is 4.12. The van der Waals surface area contributed by atoms with Gasteiger partial charge in [-0.2, -0.15) is 5.10 Å². The van der Waals surface area contributed by atoms with Crippen LogP contribution in [0.1, 0.15) is 5.56 Å². The monoisotopic (exact) mass is 231 g/mol. The minimum Gasteiger partial charge on any atom is -0.383 e. The van der Waals surface area contributed by atoms with Crippen molar-refractivity contribution < 1.29 is 0 Å². The molecule has 2 heterocycles. The third kappa shape index (κ3) is 1.33. The Balaban J connectivity index is 2.21. The fraction of sp³-hybridized carbons (Fsp3) is 0.250. The summed E-state index contributed by atoms with van der Waals surface area (Å²) >= 11 is 1.92. The molecule has 0 bridgehead atoms. The first-order chi connectivity index (χ1) is 7.77. The minimum atomic E-state index is 0.741. The van der Waals surface area contributed by atoms with Crippen LogP contribution in [0.15, 0.2) is 29.3 Å². The van der Waals surface area contributed by atoms with Gasteiger partial charge in [-0.05, 0) is 23.6 Å². The minimum absolute atomic E-state index is 0.741. The summed E-state index contributed by atoms with van der Waals surface area (Å²) in [5, 5.41) is 4.20. The molecule has 0 saturated heterocycles. The van der Waals surface area contributed by atoms with Gasteiger partial charge in [0.25, 0.3) is 0 Å². The van der Waals surface area contributed by atoms with E-state index in [1.54, 1.807) is 4.68 Å². The SMILES string of the molecule is Cn1ncc(-c2cccc3c2CCS3)c1N. The Labute approximate surface area is 98.6 Å². The fourth-order valence-corrected chi connectivity index (χ4v) is 3.22. The number of benzene rings is 1. The molecule has 0 atom stereocenters. The second kappa shape index (κ2) is 3.56. The number of hydrogen-bond acceptors (Lipinski definition) is 3. The normalized spacial score (nSPS) is 14.1. The first-order valence-electron chi connectivity index (χ1n) is 5.30. The van der Waals surface area contributed by atoms with Gasteiger partial charge in [0.1, 0.15) is 5.82 Å². The molecule has 0 aliphatic carbocycles. The molecule has 0 radical (unpaired) electrons. The fourth-order valence-electron chi connectivity index (χ4n) is 2.13. The number of aryl methyl sites for hydroxylation is 1. The van der Waals surface area contributed by atoms with Gasteiger partial charge in [-0.1, -0.05) is 12.1 Å². The van der Waals surface area contributed by atoms with E-state index < -0.39 is 0 Å². The molecule has 82 valence electrons. The van der Waals surface area contributed by atoms with Crippen molar-refractivity contribution in [1.82, 2.24) is 9.78 Å². The second-order valence-corrected chi connectivity index (χ2v) is 5.08. The summed E-state index contributed by atoms with van der Waals surface area (Å²) in [6, 6.07) is 6.42. The van der Waals surface area contributed by atoms with Crippen LogP contribution in [-0.4, -0.2) is 15.5 Å². The highest BCUT2D eigenvalue weighted by Gasteiger charge is 2.18. The predicted molar refractivity (Wildman–Crippen MR) is 67.5 cm³/mol. The summed E-state index contributed by atoms with van der Waals surface area (Å²) in [7, 11) is 1.87. The van der Waals surface area contributed by atoms with Crippen molar-refractivity contribution in [2.24, 2.45) is 7.05 Å². The van der Waals surface area contributed by atoms with Crippen LogP contribution >= 0.6 is 11.8 Å². The van der Waals surface area contributed by atoms with Crippen molar-refractivity contribution in [2.75, 3.05) is 11.5 Å². The Morgan fingerprint density at radius 2 is 2.25 bits per heavy atom. The first kappa shape index (κ1) is 9.78. The number of thioether (sulfide) groups is 1. The Morgan fingerprint density at radius 3 is 3.00 bits per heavy atom. The van der Waals surface area contributed by atoms with Crippen LogP contribution in [0.5, 0.6) is 0 Å². The van der Waals surface area contributed by atoms with Gasteiger partial charge < -0.3 is 5.73 Å². The van der Waals surface area contributed by atoms with E-state index in [0.29, 0.717) is 0 Å². The number of nitrogen functional groups attached to an aromatic ring is 1. The second-order valence-electron chi connectivity index (χ2n) is 3.95. The first-order valence-corrected chi connectivity index (χ1v) is 6.28. The number of fused-ring (bicyclic) bond motifs is 1. The van der Waals surface area contributed by atoms with E-state index in [-0.39, 0.29) is 0 Å². The number of aromatic nitrogens is 2. The van der Waals surface area contributed by atoms with E-state index in [4.69, 9.17) is 5.73 Å². The maximum atomic E-state index is 6.02. The Hall–Kier alpha value is -1.42. The molecule has 0 fully saturated rings. The summed E-state index contributed by atoms with van der Waals surface area (Å²) in [6.07, 6.45) is 2.98. The average molecular weight is 231 g/mol. The van der Waals surface area contributed by atoms with Crippen molar-refractivity contribution in [1.29, 1.82) is 0 Å². The van der Waals surface area contributed by atoms with Crippen LogP contribution in [0.4, 0.5) is 5.82 Å². The van der Waals surface area contributed by atoms with Crippen molar-refractivity contribution >= 4 is 17.6 Å². The van der Waals surface area contributed by atoms with Crippen molar-refractivity contribution in [3.63, 3.8) is 0 Å². The van der Waals surface area contributed by atoms with Crippen molar-refractivity contribution in [3.8, 4) is 11.1 Å². The van der Waals surface area contributed by atoms with Gasteiger partial charge in [-0.25, -0.2) is 0 Å². The third-order valence-electron chi connectivity index (χ3n) is 3.02. The van der Waals surface area contributed by atoms with Gasteiger partial charge in [-0.3, -0.25) is 4.68 Å². The van der Waals surface area contributed by atoms with E-state index in [2.05, 4.69) is 23.3 Å². The molecule has 1 aromatic carbocycles. The molecule has 1 aliphatic rings. The number of hydrogen-bond donors (Lipinski definition) is 1. The van der Waals surface area contributed by atoms with E-state index in [0.717, 1.165) is 17.8 Å². The van der Waals surface area contributed by atoms with Crippen LogP contribution in [0.3, 0.4) is 0 Å². The summed E-state index contributed by atoms with van der Waals surface area (Å²) in [4.78, 5) is 1.39. The van der Waals surface area contributed by atoms with E-state index >= 15 is 0 Å². The standard InChI is InChI=1S/C12H13N3S/c1-15-12(13)10(7-14-15)8-3-2-4-11-9(8)5-6-16-11/h2-4,7H,5-6,13H2,1H3. The topological polar surface area (TPSA) is 43.8 Å². The van der Waals surface area contributed by atoms with Crippen LogP contribution in [-0.2, 0) is 13.5 Å². The average Bonchev–Trinajstić information content (AvgIpc) is 2.87. The van der Waals surface area contributed by atoms with Gasteiger partial charge in [0.05, 0.1) is 6.20 Å². The zero-order valence-corrected chi connectivity index (χ0v) is 9.92. The zero-order chi connectivity index (χ0) is 11.1. The maximum Gasteiger partial charge on any atom is 0.129 e. The highest BCUT2D eigenvalue weighted by atomic mass is 32.2. The van der Waals surface area contributed by atoms with E-state index in [1.165, 1.54) is 21.8 Å². The Kier molecular flexibility index (Phi) is 2.17. The van der Waals surface area contributed by atoms with Gasteiger partial charge in [0.15, 0.2) is 0 Å². The number of rotatable bonds is 1. The molecule has 1 aromatic heterocycles. The van der Waals surface area contributed by atoms with E-state index in [1.807, 2.05) is 25.0 Å². The molecule has 2 aromatic rings. The summed E-state index contributed by atoms with van der Waals surface area (Å²) in [5.41, 5.74) is 9.75. The molecular formula is C12H13N3S. The lowest BCUT2D eigenvalue weighted by Gasteiger charge is -2.06. The molecule has 4 heteroatoms. The lowest BCUT2D eigenvalue weighted by atomic mass is 10.0. The van der Waals surface area contributed by atoms with Crippen LogP contribution < -0.4 is 5.73 Å². The van der Waals surface area contributed by atoms with Crippen molar-refractivity contribution in [2.45, 2.75) is 11.3 Å². The lowest BCUT2D eigenvalue weighted by molar-refractivity contribution is 0.779. The maximum absolute atomic E-state index is 6.02. The number of anilines is 1. The van der Waals surface area contributed by atoms with Gasteiger partial charge in [-0.15, -0.1) is 11.8 Å². The molecule has 0 spiro atoms. The van der Waals surface area contributed by atoms with Gasteiger partial charge in [0.2, 0.25) is 0 Å². The predicted octanol–water partition coefficient (Wildman–Crippen LogP) is 2.32. The largest absolute Gasteiger partial charge is 0.383 e. The molecule has 1 aliphatic heterocycles. The van der Waals surface area contributed by atoms with Gasteiger partial charge >= 0.3 is 0 Å². The summed E-state index contributed by atoms with van der Waals surface area (Å²) in [6.45, 7) is 0. The molecule has 3 nitrogen and oxygen atoms in total. The van der Waals surface area contributed by atoms with Crippen LogP contribution in [0, 0.1) is 0 Å². The van der Waals surface area contributed by atoms with Crippen LogP contribution in [0.2, 0.25) is 0 Å². The highest BCUT2D eigenvalue weighted by molar-refractivity contribution is 7.99. The van der Waals surface area contributed by atoms with Crippen molar-refractivity contribution in [3.05, 3.63) is 30.0 Å². The molecule has 2 N–H and O–H groups in total. The lowest BCUT2D eigenvalue weighted by Crippen LogP contribution is -1.98. The molecular weight excluding hydrogens is 218 g/mol. The Bertz CT molecular complexity index is 545. The Morgan fingerprint density at radius 1 is 1.38 bits per heavy atom. The quantitative estimate of drug-likeness (QED) is 0.819. The number of nitrogens with zero attached hydrogens (tertiary/aromatic N) is 2. The van der Waals surface area contributed by atoms with Crippen LogP contribution in [0.25, 0.3) is 11.1 Å². The summed E-state index contributed by atoms with van der Waals surface area (Å²) in [5.74, 6) is 1.91. The highest BCUT2D eigenvalue weighted by Crippen LogP contribution is 2.39. The molecule has 16 heavy (non-hydrogen) atoms. The molecule has 0 unspecified atom stereocenters. The van der Waals surface area contributed by atoms with Gasteiger partial charge in [0, 0.05) is 23.3 Å². The number of nitrogens with two attached hydrogens (primary N) is 1. The van der Waals surface area contributed by atoms with E-state index in [9.17, 15) is 0 Å². The smallest absolute Gasteiger partial charge is 0.129 e. The molecule has 3 rings (SSSR count). The zero-order valence-electron chi connectivity index (χ0n) is 9.10. The summed E-state index contributed by atoms with van der Waals surface area (Å²) < 4.78 is 1.72. The molecule has 0 saturated carbocycles. The molecule has 0 amide bonds.